The molecule has 0 spiro atoms. The number of rotatable bonds is 8. The molecule has 1 heterocycles. The molecule has 3 rings (SSSR count). The van der Waals surface area contributed by atoms with E-state index in [1.165, 1.54) is 17.5 Å². The van der Waals surface area contributed by atoms with Gasteiger partial charge in [0, 0.05) is 39.7 Å². The van der Waals surface area contributed by atoms with Crippen molar-refractivity contribution in [2.45, 2.75) is 31.3 Å². The van der Waals surface area contributed by atoms with E-state index in [1.54, 1.807) is 19.0 Å². The van der Waals surface area contributed by atoms with Crippen LogP contribution in [0.25, 0.3) is 0 Å². The van der Waals surface area contributed by atoms with Crippen molar-refractivity contribution in [3.63, 3.8) is 0 Å². The topological polar surface area (TPSA) is 66.0 Å². The van der Waals surface area contributed by atoms with Crippen LogP contribution in [0.4, 0.5) is 0 Å². The monoisotopic (exact) mass is 550 g/mol. The van der Waals surface area contributed by atoms with E-state index in [4.69, 9.17) is 4.74 Å². The third kappa shape index (κ3) is 8.43. The molecule has 1 fully saturated rings. The predicted octanol–water partition coefficient (Wildman–Crippen LogP) is 3.63. The Hall–Kier alpha value is -2.13. The van der Waals surface area contributed by atoms with Crippen LogP contribution in [0.15, 0.2) is 65.7 Å². The summed E-state index contributed by atoms with van der Waals surface area (Å²) in [5, 5.41) is 6.85. The van der Waals surface area contributed by atoms with E-state index in [0.717, 1.165) is 19.4 Å². The molecule has 0 aliphatic carbocycles. The number of benzene rings is 2. The van der Waals surface area contributed by atoms with Crippen molar-refractivity contribution in [3.05, 3.63) is 71.8 Å². The highest BCUT2D eigenvalue weighted by molar-refractivity contribution is 14.0. The normalized spacial score (nSPS) is 16.2. The van der Waals surface area contributed by atoms with E-state index in [2.05, 4.69) is 64.2 Å². The molecule has 2 aromatic rings. The van der Waals surface area contributed by atoms with Crippen molar-refractivity contribution >= 4 is 35.8 Å². The molecule has 6 nitrogen and oxygen atoms in total. The first-order valence-electron chi connectivity index (χ1n) is 11.1. The van der Waals surface area contributed by atoms with E-state index < -0.39 is 0 Å². The first-order chi connectivity index (χ1) is 15.1. The number of hydrogen-bond acceptors (Lipinski definition) is 3. The fourth-order valence-electron chi connectivity index (χ4n) is 3.64. The Morgan fingerprint density at radius 3 is 2.19 bits per heavy atom. The molecule has 1 saturated heterocycles. The summed E-state index contributed by atoms with van der Waals surface area (Å²) in [7, 11) is 3.49. The number of halogens is 1. The minimum atomic E-state index is -0.0299. The maximum Gasteiger partial charge on any atom is 0.243 e. The fourth-order valence-corrected chi connectivity index (χ4v) is 3.64. The van der Waals surface area contributed by atoms with Gasteiger partial charge in [-0.25, -0.2) is 4.99 Å². The summed E-state index contributed by atoms with van der Waals surface area (Å²) in [5.41, 5.74) is 2.47. The lowest BCUT2D eigenvalue weighted by atomic mass is 9.91. The molecule has 1 aliphatic heterocycles. The molecule has 1 atom stereocenters. The van der Waals surface area contributed by atoms with Crippen LogP contribution in [0.1, 0.15) is 36.3 Å². The van der Waals surface area contributed by atoms with E-state index >= 15 is 0 Å². The number of ether oxygens (including phenoxy) is 1. The van der Waals surface area contributed by atoms with Crippen LogP contribution >= 0.6 is 24.0 Å². The zero-order valence-corrected chi connectivity index (χ0v) is 21.3. The van der Waals surface area contributed by atoms with Gasteiger partial charge in [0.05, 0.1) is 6.10 Å². The van der Waals surface area contributed by atoms with Crippen LogP contribution in [0, 0.1) is 0 Å². The second-order valence-corrected chi connectivity index (χ2v) is 8.08. The Kier molecular flexibility index (Phi) is 11.5. The number of aliphatic imine (C=N–C) groups is 1. The first kappa shape index (κ1) is 26.1. The second kappa shape index (κ2) is 14.1. The van der Waals surface area contributed by atoms with E-state index in [0.29, 0.717) is 19.0 Å². The Morgan fingerprint density at radius 2 is 1.66 bits per heavy atom. The molecule has 0 bridgehead atoms. The van der Waals surface area contributed by atoms with Crippen molar-refractivity contribution in [2.75, 3.05) is 40.3 Å². The number of carbonyl (C=O) groups is 1. The third-order valence-electron chi connectivity index (χ3n) is 5.52. The SMILES string of the molecule is CN(C)C(=O)CN=C(NCC1CCCCO1)NCC(c1ccccc1)c1ccccc1.I. The van der Waals surface area contributed by atoms with Gasteiger partial charge >= 0.3 is 0 Å². The van der Waals surface area contributed by atoms with Crippen molar-refractivity contribution in [3.8, 4) is 0 Å². The van der Waals surface area contributed by atoms with Gasteiger partial charge in [0.2, 0.25) is 5.91 Å². The van der Waals surface area contributed by atoms with Crippen LogP contribution in [0.3, 0.4) is 0 Å². The van der Waals surface area contributed by atoms with Gasteiger partial charge in [0.25, 0.3) is 0 Å². The molecule has 1 amide bonds. The third-order valence-corrected chi connectivity index (χ3v) is 5.52. The number of nitrogens with zero attached hydrogens (tertiary/aromatic N) is 2. The quantitative estimate of drug-likeness (QED) is 0.300. The highest BCUT2D eigenvalue weighted by Gasteiger charge is 2.17. The van der Waals surface area contributed by atoms with Gasteiger partial charge in [-0.1, -0.05) is 60.7 Å². The number of amides is 1. The number of nitrogens with one attached hydrogen (secondary N) is 2. The summed E-state index contributed by atoms with van der Waals surface area (Å²) in [6, 6.07) is 20.9. The van der Waals surface area contributed by atoms with Gasteiger partial charge in [0.15, 0.2) is 5.96 Å². The smallest absolute Gasteiger partial charge is 0.243 e. The molecule has 0 aromatic heterocycles. The van der Waals surface area contributed by atoms with Crippen molar-refractivity contribution in [2.24, 2.45) is 4.99 Å². The fraction of sp³-hybridized carbons (Fsp3) is 0.440. The number of likely N-dealkylation sites (N-methyl/N-ethyl adjacent to an activating group) is 1. The number of guanidine groups is 1. The van der Waals surface area contributed by atoms with Gasteiger partial charge in [-0.15, -0.1) is 24.0 Å². The molecular formula is C25H35IN4O2. The minimum Gasteiger partial charge on any atom is -0.376 e. The lowest BCUT2D eigenvalue weighted by Crippen LogP contribution is -2.44. The Bertz CT molecular complexity index is 785. The Morgan fingerprint density at radius 1 is 1.03 bits per heavy atom. The lowest BCUT2D eigenvalue weighted by molar-refractivity contribution is -0.127. The van der Waals surface area contributed by atoms with E-state index in [9.17, 15) is 4.79 Å². The molecule has 32 heavy (non-hydrogen) atoms. The van der Waals surface area contributed by atoms with Crippen LogP contribution < -0.4 is 10.6 Å². The van der Waals surface area contributed by atoms with Crippen LogP contribution in [0.2, 0.25) is 0 Å². The molecule has 174 valence electrons. The standard InChI is InChI=1S/C25H34N4O2.HI/c1-29(2)24(30)19-28-25(26-17-22-15-9-10-16-31-22)27-18-23(20-11-5-3-6-12-20)21-13-7-4-8-14-21;/h3-8,11-14,22-23H,9-10,15-19H2,1-2H3,(H2,26,27,28);1H. The zero-order chi connectivity index (χ0) is 21.9. The van der Waals surface area contributed by atoms with Gasteiger partial charge < -0.3 is 20.3 Å². The molecule has 0 radical (unpaired) electrons. The van der Waals surface area contributed by atoms with Crippen molar-refractivity contribution in [1.82, 2.24) is 15.5 Å². The number of hydrogen-bond donors (Lipinski definition) is 2. The summed E-state index contributed by atoms with van der Waals surface area (Å²) >= 11 is 0. The van der Waals surface area contributed by atoms with Gasteiger partial charge in [-0.3, -0.25) is 4.79 Å². The highest BCUT2D eigenvalue weighted by atomic mass is 127. The van der Waals surface area contributed by atoms with E-state index in [1.807, 2.05) is 12.1 Å². The van der Waals surface area contributed by atoms with Gasteiger partial charge in [0.1, 0.15) is 6.54 Å². The summed E-state index contributed by atoms with van der Waals surface area (Å²) in [4.78, 5) is 18.2. The zero-order valence-electron chi connectivity index (χ0n) is 19.0. The lowest BCUT2D eigenvalue weighted by Gasteiger charge is -2.25. The molecule has 7 heteroatoms. The largest absolute Gasteiger partial charge is 0.376 e. The van der Waals surface area contributed by atoms with Crippen LogP contribution in [-0.2, 0) is 9.53 Å². The molecule has 0 saturated carbocycles. The van der Waals surface area contributed by atoms with Crippen LogP contribution in [0.5, 0.6) is 0 Å². The summed E-state index contributed by atoms with van der Waals surface area (Å²) in [6.07, 6.45) is 3.55. The molecule has 2 aromatic carbocycles. The van der Waals surface area contributed by atoms with Crippen molar-refractivity contribution < 1.29 is 9.53 Å². The average molecular weight is 550 g/mol. The summed E-state index contributed by atoms with van der Waals surface area (Å²) in [6.45, 7) is 2.27. The summed E-state index contributed by atoms with van der Waals surface area (Å²) in [5.74, 6) is 0.781. The molecular weight excluding hydrogens is 515 g/mol. The predicted molar refractivity (Wildman–Crippen MR) is 141 cm³/mol. The van der Waals surface area contributed by atoms with Crippen LogP contribution in [-0.4, -0.2) is 63.2 Å². The second-order valence-electron chi connectivity index (χ2n) is 8.08. The highest BCUT2D eigenvalue weighted by Crippen LogP contribution is 2.23. The molecule has 1 aliphatic rings. The maximum atomic E-state index is 12.1. The van der Waals surface area contributed by atoms with Crippen molar-refractivity contribution in [1.29, 1.82) is 0 Å². The number of carbonyl (C=O) groups excluding carboxylic acids is 1. The van der Waals surface area contributed by atoms with Gasteiger partial charge in [-0.2, -0.15) is 0 Å². The Labute approximate surface area is 208 Å². The molecule has 2 N–H and O–H groups in total. The molecule has 1 unspecified atom stereocenters. The summed E-state index contributed by atoms with van der Waals surface area (Å²) < 4.78 is 5.84. The van der Waals surface area contributed by atoms with E-state index in [-0.39, 0.29) is 48.5 Å². The average Bonchev–Trinajstić information content (AvgIpc) is 2.82. The first-order valence-corrected chi connectivity index (χ1v) is 11.1. The van der Waals surface area contributed by atoms with Gasteiger partial charge in [-0.05, 0) is 30.4 Å². The minimum absolute atomic E-state index is 0. The Balaban J connectivity index is 0.00000363. The maximum absolute atomic E-state index is 12.1.